The molecule has 0 aliphatic rings. The van der Waals surface area contributed by atoms with Crippen LogP contribution < -0.4 is 16.6 Å². The minimum absolute atomic E-state index is 0.0216. The van der Waals surface area contributed by atoms with Crippen LogP contribution in [-0.2, 0) is 0 Å². The third-order valence-corrected chi connectivity index (χ3v) is 3.07. The van der Waals surface area contributed by atoms with E-state index in [9.17, 15) is 14.4 Å². The summed E-state index contributed by atoms with van der Waals surface area (Å²) in [7, 11) is 0. The summed E-state index contributed by atoms with van der Waals surface area (Å²) < 4.78 is 3.75. The number of aromatic nitrogens is 2. The van der Waals surface area contributed by atoms with Gasteiger partial charge in [0, 0.05) is 12.3 Å². The van der Waals surface area contributed by atoms with Gasteiger partial charge in [-0.2, -0.15) is 0 Å². The smallest absolute Gasteiger partial charge is 0.330 e. The Morgan fingerprint density at radius 3 is 2.57 bits per heavy atom. The Morgan fingerprint density at radius 2 is 2.05 bits per heavy atom. The van der Waals surface area contributed by atoms with Gasteiger partial charge in [0.05, 0.1) is 6.26 Å². The van der Waals surface area contributed by atoms with Crippen LogP contribution in [0.25, 0.3) is 0 Å². The van der Waals surface area contributed by atoms with Gasteiger partial charge in [0.2, 0.25) is 3.79 Å². The molecular weight excluding hydrogens is 344 g/mol. The van der Waals surface area contributed by atoms with E-state index in [0.717, 1.165) is 16.8 Å². The van der Waals surface area contributed by atoms with E-state index in [1.165, 1.54) is 18.4 Å². The van der Waals surface area contributed by atoms with E-state index in [-0.39, 0.29) is 5.76 Å². The Morgan fingerprint density at radius 1 is 1.33 bits per heavy atom. The van der Waals surface area contributed by atoms with Gasteiger partial charge in [-0.1, -0.05) is 34.8 Å². The second-order valence-corrected chi connectivity index (χ2v) is 6.28. The number of nitrogens with zero attached hydrogens (tertiary/aromatic N) is 1. The first-order chi connectivity index (χ1) is 9.79. The van der Waals surface area contributed by atoms with Crippen molar-refractivity contribution in [2.45, 2.75) is 9.96 Å². The number of hydrogen-bond donors (Lipinski definition) is 2. The summed E-state index contributed by atoms with van der Waals surface area (Å²) in [4.78, 5) is 36.8. The molecule has 0 radical (unpaired) electrons. The third-order valence-electron chi connectivity index (χ3n) is 2.45. The zero-order chi connectivity index (χ0) is 15.6. The first kappa shape index (κ1) is 15.7. The molecule has 1 atom stereocenters. The van der Waals surface area contributed by atoms with E-state index in [1.807, 2.05) is 4.98 Å². The average molecular weight is 353 g/mol. The normalized spacial score (nSPS) is 12.9. The van der Waals surface area contributed by atoms with Gasteiger partial charge in [-0.25, -0.2) is 4.79 Å². The molecule has 2 aromatic rings. The Labute approximate surface area is 132 Å². The molecule has 112 valence electrons. The van der Waals surface area contributed by atoms with Crippen molar-refractivity contribution >= 4 is 40.7 Å². The molecule has 0 spiro atoms. The molecule has 0 bridgehead atoms. The lowest BCUT2D eigenvalue weighted by Gasteiger charge is -2.26. The first-order valence-corrected chi connectivity index (χ1v) is 6.65. The predicted octanol–water partition coefficient (Wildman–Crippen LogP) is 1.43. The highest BCUT2D eigenvalue weighted by atomic mass is 35.6. The first-order valence-electron chi connectivity index (χ1n) is 5.51. The summed E-state index contributed by atoms with van der Waals surface area (Å²) in [5, 5.41) is 2.35. The van der Waals surface area contributed by atoms with Gasteiger partial charge in [0.15, 0.2) is 11.9 Å². The fourth-order valence-electron chi connectivity index (χ4n) is 1.54. The Balaban J connectivity index is 2.38. The van der Waals surface area contributed by atoms with Crippen LogP contribution in [0.3, 0.4) is 0 Å². The van der Waals surface area contributed by atoms with Crippen LogP contribution in [0, 0.1) is 0 Å². The molecule has 0 aliphatic heterocycles. The molecule has 10 heteroatoms. The second-order valence-electron chi connectivity index (χ2n) is 3.91. The highest BCUT2D eigenvalue weighted by molar-refractivity contribution is 6.67. The number of aromatic amines is 1. The molecule has 0 aliphatic carbocycles. The average Bonchev–Trinajstić information content (AvgIpc) is 2.89. The topological polar surface area (TPSA) is 97.1 Å². The minimum Gasteiger partial charge on any atom is -0.459 e. The molecule has 2 N–H and O–H groups in total. The number of furan rings is 1. The molecule has 0 aromatic carbocycles. The molecule has 0 saturated carbocycles. The van der Waals surface area contributed by atoms with Crippen LogP contribution in [0.15, 0.2) is 44.7 Å². The van der Waals surface area contributed by atoms with Crippen molar-refractivity contribution in [2.24, 2.45) is 0 Å². The molecular formula is C11H8Cl3N3O4. The standard InChI is InChI=1S/C11H8Cl3N3O4/c12-11(13,14)9(16-8(19)6-2-1-5-21-6)17-4-3-7(18)15-10(17)20/h1-5,9H,(H,16,19)(H,15,18,20)/t9-/m1/s1. The van der Waals surface area contributed by atoms with Gasteiger partial charge in [0.1, 0.15) is 0 Å². The number of carbonyl (C=O) groups excluding carboxylic acids is 1. The van der Waals surface area contributed by atoms with Crippen LogP contribution in [0.4, 0.5) is 0 Å². The molecule has 0 saturated heterocycles. The van der Waals surface area contributed by atoms with Gasteiger partial charge in [-0.05, 0) is 12.1 Å². The van der Waals surface area contributed by atoms with Gasteiger partial charge in [-0.15, -0.1) is 0 Å². The van der Waals surface area contributed by atoms with Gasteiger partial charge in [-0.3, -0.25) is 19.1 Å². The van der Waals surface area contributed by atoms with Crippen LogP contribution >= 0.6 is 34.8 Å². The Hall–Kier alpha value is -1.70. The van der Waals surface area contributed by atoms with Crippen molar-refractivity contribution in [3.05, 3.63) is 57.3 Å². The molecule has 0 fully saturated rings. The van der Waals surface area contributed by atoms with Gasteiger partial charge in [0.25, 0.3) is 11.5 Å². The van der Waals surface area contributed by atoms with E-state index >= 15 is 0 Å². The maximum absolute atomic E-state index is 11.9. The van der Waals surface area contributed by atoms with E-state index in [1.54, 1.807) is 0 Å². The lowest BCUT2D eigenvalue weighted by molar-refractivity contribution is 0.0890. The van der Waals surface area contributed by atoms with Gasteiger partial charge >= 0.3 is 5.69 Å². The fraction of sp³-hybridized carbons (Fsp3) is 0.182. The van der Waals surface area contributed by atoms with E-state index in [0.29, 0.717) is 0 Å². The quantitative estimate of drug-likeness (QED) is 0.817. The summed E-state index contributed by atoms with van der Waals surface area (Å²) in [5.41, 5.74) is -1.45. The lowest BCUT2D eigenvalue weighted by Crippen LogP contribution is -2.46. The van der Waals surface area contributed by atoms with Crippen molar-refractivity contribution in [3.8, 4) is 0 Å². The van der Waals surface area contributed by atoms with Crippen molar-refractivity contribution < 1.29 is 9.21 Å². The number of rotatable bonds is 3. The summed E-state index contributed by atoms with van der Waals surface area (Å²) in [6.45, 7) is 0. The van der Waals surface area contributed by atoms with Crippen molar-refractivity contribution in [3.63, 3.8) is 0 Å². The predicted molar refractivity (Wildman–Crippen MR) is 76.8 cm³/mol. The highest BCUT2D eigenvalue weighted by Gasteiger charge is 2.36. The van der Waals surface area contributed by atoms with Crippen LogP contribution in [0.1, 0.15) is 16.7 Å². The SMILES string of the molecule is O=C(N[C@H](n1ccc(=O)[nH]c1=O)C(Cl)(Cl)Cl)c1ccco1. The summed E-state index contributed by atoms with van der Waals surface area (Å²) in [6, 6.07) is 3.97. The number of nitrogens with one attached hydrogen (secondary N) is 2. The zero-order valence-corrected chi connectivity index (χ0v) is 12.4. The fourth-order valence-corrected chi connectivity index (χ4v) is 2.02. The molecule has 21 heavy (non-hydrogen) atoms. The third kappa shape index (κ3) is 3.69. The highest BCUT2D eigenvalue weighted by Crippen LogP contribution is 2.36. The van der Waals surface area contributed by atoms with E-state index in [2.05, 4.69) is 5.32 Å². The number of H-pyrrole nitrogens is 1. The number of hydrogen-bond acceptors (Lipinski definition) is 4. The lowest BCUT2D eigenvalue weighted by atomic mass is 10.4. The summed E-state index contributed by atoms with van der Waals surface area (Å²) in [6.07, 6.45) is 1.06. The monoisotopic (exact) mass is 351 g/mol. The molecule has 0 unspecified atom stereocenters. The maximum atomic E-state index is 11.9. The largest absolute Gasteiger partial charge is 0.459 e. The molecule has 7 nitrogen and oxygen atoms in total. The van der Waals surface area contributed by atoms with Crippen LogP contribution in [0.2, 0.25) is 0 Å². The minimum atomic E-state index is -2.04. The van der Waals surface area contributed by atoms with Crippen molar-refractivity contribution in [1.82, 2.24) is 14.9 Å². The van der Waals surface area contributed by atoms with Crippen LogP contribution in [-0.4, -0.2) is 19.3 Å². The number of halogens is 3. The second kappa shape index (κ2) is 5.97. The maximum Gasteiger partial charge on any atom is 0.330 e. The van der Waals surface area contributed by atoms with Crippen molar-refractivity contribution in [1.29, 1.82) is 0 Å². The summed E-state index contributed by atoms with van der Waals surface area (Å²) in [5.74, 6) is -0.707. The number of amides is 1. The Bertz CT molecular complexity index is 745. The Kier molecular flexibility index (Phi) is 4.46. The van der Waals surface area contributed by atoms with Gasteiger partial charge < -0.3 is 9.73 Å². The number of alkyl halides is 3. The molecule has 2 aromatic heterocycles. The van der Waals surface area contributed by atoms with E-state index < -0.39 is 27.1 Å². The van der Waals surface area contributed by atoms with Crippen LogP contribution in [0.5, 0.6) is 0 Å². The summed E-state index contributed by atoms with van der Waals surface area (Å²) >= 11 is 17.4. The zero-order valence-electron chi connectivity index (χ0n) is 10.2. The molecule has 2 heterocycles. The van der Waals surface area contributed by atoms with Crippen molar-refractivity contribution in [2.75, 3.05) is 0 Å². The number of carbonyl (C=O) groups is 1. The molecule has 1 amide bonds. The molecule has 2 rings (SSSR count). The van der Waals surface area contributed by atoms with E-state index in [4.69, 9.17) is 39.2 Å².